The zero-order valence-electron chi connectivity index (χ0n) is 15.7. The maximum Gasteiger partial charge on any atom is 0.274 e. The van der Waals surface area contributed by atoms with Crippen molar-refractivity contribution in [3.05, 3.63) is 47.4 Å². The van der Waals surface area contributed by atoms with Crippen LogP contribution in [0.3, 0.4) is 0 Å². The predicted molar refractivity (Wildman–Crippen MR) is 102 cm³/mol. The minimum absolute atomic E-state index is 0.0483. The van der Waals surface area contributed by atoms with Crippen molar-refractivity contribution in [2.45, 2.75) is 47.0 Å². The summed E-state index contributed by atoms with van der Waals surface area (Å²) in [4.78, 5) is 23.1. The van der Waals surface area contributed by atoms with Crippen LogP contribution in [-0.4, -0.2) is 33.9 Å². The number of para-hydroxylation sites is 1. The molecule has 0 aliphatic heterocycles. The molecule has 2 rings (SSSR count). The van der Waals surface area contributed by atoms with Crippen LogP contribution >= 0.6 is 0 Å². The van der Waals surface area contributed by atoms with Gasteiger partial charge in [-0.05, 0) is 37.3 Å². The molecule has 0 saturated heterocycles. The first kappa shape index (κ1) is 18.9. The molecule has 0 fully saturated rings. The Morgan fingerprint density at radius 2 is 1.80 bits per heavy atom. The van der Waals surface area contributed by atoms with Gasteiger partial charge in [0.25, 0.3) is 5.91 Å². The van der Waals surface area contributed by atoms with E-state index in [4.69, 9.17) is 0 Å². The van der Waals surface area contributed by atoms with Crippen LogP contribution in [0.4, 0.5) is 11.5 Å². The molecule has 1 N–H and O–H groups in total. The minimum atomic E-state index is -0.0483. The second-order valence-electron chi connectivity index (χ2n) is 6.17. The Morgan fingerprint density at radius 3 is 2.36 bits per heavy atom. The van der Waals surface area contributed by atoms with Crippen LogP contribution in [0.1, 0.15) is 55.2 Å². The monoisotopic (exact) mass is 340 g/mol. The number of hydrogen-bond donors (Lipinski definition) is 1. The largest absolute Gasteiger partial charge is 0.339 e. The van der Waals surface area contributed by atoms with E-state index in [-0.39, 0.29) is 5.91 Å². The van der Waals surface area contributed by atoms with E-state index >= 15 is 0 Å². The number of hydrogen-bond acceptors (Lipinski definition) is 4. The van der Waals surface area contributed by atoms with E-state index in [1.807, 2.05) is 4.90 Å². The van der Waals surface area contributed by atoms with Crippen LogP contribution in [0.25, 0.3) is 0 Å². The number of aryl methyl sites for hydroxylation is 2. The lowest BCUT2D eigenvalue weighted by atomic mass is 10.1. The molecule has 134 valence electrons. The molecule has 2 aromatic rings. The lowest BCUT2D eigenvalue weighted by molar-refractivity contribution is 0.0749. The van der Waals surface area contributed by atoms with Crippen molar-refractivity contribution in [3.63, 3.8) is 0 Å². The van der Waals surface area contributed by atoms with Gasteiger partial charge >= 0.3 is 0 Å². The van der Waals surface area contributed by atoms with Crippen molar-refractivity contribution in [1.29, 1.82) is 0 Å². The molecule has 0 spiro atoms. The third-order valence-corrected chi connectivity index (χ3v) is 4.14. The first-order chi connectivity index (χ1) is 12.1. The topological polar surface area (TPSA) is 58.1 Å². The summed E-state index contributed by atoms with van der Waals surface area (Å²) in [5.41, 5.74) is 3.86. The van der Waals surface area contributed by atoms with Crippen LogP contribution in [-0.2, 0) is 6.42 Å². The van der Waals surface area contributed by atoms with Gasteiger partial charge in [0.2, 0.25) is 0 Å². The molecule has 1 aromatic carbocycles. The molecule has 1 heterocycles. The maximum absolute atomic E-state index is 12.6. The molecule has 0 saturated carbocycles. The molecule has 0 unspecified atom stereocenters. The van der Waals surface area contributed by atoms with Crippen LogP contribution in [0.2, 0.25) is 0 Å². The molecule has 0 radical (unpaired) electrons. The Morgan fingerprint density at radius 1 is 1.08 bits per heavy atom. The highest BCUT2D eigenvalue weighted by Gasteiger charge is 2.16. The summed E-state index contributed by atoms with van der Waals surface area (Å²) in [5.74, 6) is 0.603. The molecule has 5 nitrogen and oxygen atoms in total. The number of nitrogens with one attached hydrogen (secondary N) is 1. The highest BCUT2D eigenvalue weighted by atomic mass is 16.2. The first-order valence-electron chi connectivity index (χ1n) is 9.07. The predicted octanol–water partition coefficient (Wildman–Crippen LogP) is 4.35. The maximum atomic E-state index is 12.6. The summed E-state index contributed by atoms with van der Waals surface area (Å²) < 4.78 is 0. The fraction of sp³-hybridized carbons (Fsp3) is 0.450. The summed E-state index contributed by atoms with van der Waals surface area (Å²) in [7, 11) is 0. The molecule has 0 aliphatic carbocycles. The zero-order valence-corrected chi connectivity index (χ0v) is 15.7. The number of anilines is 2. The average Bonchev–Trinajstić information content (AvgIpc) is 2.63. The van der Waals surface area contributed by atoms with Crippen LogP contribution in [0, 0.1) is 6.92 Å². The summed E-state index contributed by atoms with van der Waals surface area (Å²) in [6.07, 6.45) is 6.01. The molecular formula is C20H28N4O. The average molecular weight is 340 g/mol. The lowest BCUT2D eigenvalue weighted by Gasteiger charge is -2.20. The summed E-state index contributed by atoms with van der Waals surface area (Å²) >= 11 is 0. The fourth-order valence-electron chi connectivity index (χ4n) is 2.85. The summed E-state index contributed by atoms with van der Waals surface area (Å²) in [6, 6.07) is 6.23. The smallest absolute Gasteiger partial charge is 0.274 e. The van der Waals surface area contributed by atoms with Crippen molar-refractivity contribution in [1.82, 2.24) is 14.9 Å². The zero-order chi connectivity index (χ0) is 18.2. The van der Waals surface area contributed by atoms with E-state index in [0.717, 1.165) is 38.0 Å². The van der Waals surface area contributed by atoms with E-state index in [1.54, 1.807) is 12.4 Å². The highest BCUT2D eigenvalue weighted by molar-refractivity contribution is 5.92. The van der Waals surface area contributed by atoms with Crippen molar-refractivity contribution in [3.8, 4) is 0 Å². The number of benzene rings is 1. The van der Waals surface area contributed by atoms with Crippen molar-refractivity contribution in [2.24, 2.45) is 0 Å². The normalized spacial score (nSPS) is 10.6. The van der Waals surface area contributed by atoms with Gasteiger partial charge < -0.3 is 10.2 Å². The van der Waals surface area contributed by atoms with Gasteiger partial charge in [0, 0.05) is 18.8 Å². The number of nitrogens with zero attached hydrogens (tertiary/aromatic N) is 3. The van der Waals surface area contributed by atoms with Crippen molar-refractivity contribution in [2.75, 3.05) is 18.4 Å². The fourth-order valence-corrected chi connectivity index (χ4v) is 2.85. The third-order valence-electron chi connectivity index (χ3n) is 4.14. The van der Waals surface area contributed by atoms with E-state index in [2.05, 4.69) is 61.2 Å². The Kier molecular flexibility index (Phi) is 6.92. The Labute approximate surface area is 150 Å². The number of carbonyl (C=O) groups is 1. The van der Waals surface area contributed by atoms with E-state index < -0.39 is 0 Å². The van der Waals surface area contributed by atoms with E-state index in [9.17, 15) is 4.79 Å². The molecule has 25 heavy (non-hydrogen) atoms. The van der Waals surface area contributed by atoms with Gasteiger partial charge in [0.15, 0.2) is 0 Å². The van der Waals surface area contributed by atoms with Gasteiger partial charge in [-0.2, -0.15) is 0 Å². The quantitative estimate of drug-likeness (QED) is 0.776. The van der Waals surface area contributed by atoms with Gasteiger partial charge in [-0.25, -0.2) is 9.97 Å². The molecule has 0 atom stereocenters. The van der Waals surface area contributed by atoms with Gasteiger partial charge in [0.05, 0.1) is 12.4 Å². The molecule has 5 heteroatoms. The van der Waals surface area contributed by atoms with Crippen LogP contribution in [0.5, 0.6) is 0 Å². The standard InChI is InChI=1S/C20H28N4O/c1-5-11-24(12-6-2)20(25)17-13-22-18(14-21-17)23-19-15(4)9-8-10-16(19)7-3/h8-10,13-14H,5-7,11-12H2,1-4H3,(H,22,23). The summed E-state index contributed by atoms with van der Waals surface area (Å²) in [6.45, 7) is 9.84. The van der Waals surface area contributed by atoms with Gasteiger partial charge in [-0.3, -0.25) is 4.79 Å². The van der Waals surface area contributed by atoms with Crippen molar-refractivity contribution >= 4 is 17.4 Å². The molecular weight excluding hydrogens is 312 g/mol. The van der Waals surface area contributed by atoms with E-state index in [0.29, 0.717) is 11.5 Å². The number of carbonyl (C=O) groups excluding carboxylic acids is 1. The second-order valence-corrected chi connectivity index (χ2v) is 6.17. The molecule has 0 aliphatic rings. The minimum Gasteiger partial charge on any atom is -0.339 e. The third kappa shape index (κ3) is 4.78. The number of aromatic nitrogens is 2. The Hall–Kier alpha value is -2.43. The van der Waals surface area contributed by atoms with E-state index in [1.165, 1.54) is 11.1 Å². The van der Waals surface area contributed by atoms with Gasteiger partial charge in [0.1, 0.15) is 11.5 Å². The Bertz CT molecular complexity index is 691. The molecule has 1 amide bonds. The summed E-state index contributed by atoms with van der Waals surface area (Å²) in [5, 5.41) is 3.34. The second kappa shape index (κ2) is 9.16. The number of amides is 1. The molecule has 0 bridgehead atoms. The lowest BCUT2D eigenvalue weighted by Crippen LogP contribution is -2.33. The van der Waals surface area contributed by atoms with Crippen LogP contribution in [0.15, 0.2) is 30.6 Å². The highest BCUT2D eigenvalue weighted by Crippen LogP contribution is 2.24. The van der Waals surface area contributed by atoms with Crippen molar-refractivity contribution < 1.29 is 4.79 Å². The van der Waals surface area contributed by atoms with Gasteiger partial charge in [-0.15, -0.1) is 0 Å². The Balaban J connectivity index is 2.16. The van der Waals surface area contributed by atoms with Gasteiger partial charge in [-0.1, -0.05) is 39.0 Å². The number of rotatable bonds is 8. The molecule has 1 aromatic heterocycles. The SMILES string of the molecule is CCCN(CCC)C(=O)c1cnc(Nc2c(C)cccc2CC)cn1. The first-order valence-corrected chi connectivity index (χ1v) is 9.07. The van der Waals surface area contributed by atoms with Crippen LogP contribution < -0.4 is 5.32 Å².